The predicted octanol–water partition coefficient (Wildman–Crippen LogP) is 5.79. The summed E-state index contributed by atoms with van der Waals surface area (Å²) in [6, 6.07) is 4.00. The van der Waals surface area contributed by atoms with Crippen molar-refractivity contribution < 1.29 is 14.6 Å². The van der Waals surface area contributed by atoms with Crippen LogP contribution in [0.15, 0.2) is 18.3 Å². The van der Waals surface area contributed by atoms with Crippen LogP contribution in [0.5, 0.6) is 0 Å². The van der Waals surface area contributed by atoms with E-state index >= 15 is 0 Å². The van der Waals surface area contributed by atoms with Gasteiger partial charge in [0.2, 0.25) is 0 Å². The van der Waals surface area contributed by atoms with Crippen LogP contribution in [0.3, 0.4) is 0 Å². The van der Waals surface area contributed by atoms with Crippen LogP contribution in [0.4, 0.5) is 0 Å². The highest BCUT2D eigenvalue weighted by Gasteiger charge is 2.33. The van der Waals surface area contributed by atoms with Crippen molar-refractivity contribution in [3.05, 3.63) is 45.7 Å². The Morgan fingerprint density at radius 2 is 1.93 bits per heavy atom. The van der Waals surface area contributed by atoms with Gasteiger partial charge in [0.1, 0.15) is 4.83 Å². The Bertz CT molecular complexity index is 1110. The van der Waals surface area contributed by atoms with Crippen LogP contribution in [0.2, 0.25) is 0 Å². The van der Waals surface area contributed by atoms with E-state index in [-0.39, 0.29) is 0 Å². The maximum absolute atomic E-state index is 12.4. The van der Waals surface area contributed by atoms with Gasteiger partial charge in [-0.05, 0) is 71.9 Å². The number of pyridine rings is 2. The molecule has 0 saturated carbocycles. The Morgan fingerprint density at radius 1 is 1.20 bits per heavy atom. The van der Waals surface area contributed by atoms with Crippen molar-refractivity contribution >= 4 is 27.5 Å². The van der Waals surface area contributed by atoms with Crippen molar-refractivity contribution in [2.45, 2.75) is 72.0 Å². The summed E-state index contributed by atoms with van der Waals surface area (Å²) in [6.07, 6.45) is 5.15. The minimum absolute atomic E-state index is 0.610. The summed E-state index contributed by atoms with van der Waals surface area (Å²) in [5.74, 6) is -1.00. The summed E-state index contributed by atoms with van der Waals surface area (Å²) >= 11 is 1.75. The van der Waals surface area contributed by atoms with Crippen LogP contribution in [0, 0.1) is 13.8 Å². The van der Waals surface area contributed by atoms with Gasteiger partial charge in [-0.2, -0.15) is 0 Å². The lowest BCUT2D eigenvalue weighted by atomic mass is 9.88. The first-order valence-electron chi connectivity index (χ1n) is 10.4. The van der Waals surface area contributed by atoms with E-state index in [0.717, 1.165) is 46.3 Å². The van der Waals surface area contributed by atoms with Crippen molar-refractivity contribution in [1.29, 1.82) is 0 Å². The molecule has 1 aliphatic carbocycles. The number of rotatable bonds is 4. The summed E-state index contributed by atoms with van der Waals surface area (Å²) in [4.78, 5) is 24.1. The lowest BCUT2D eigenvalue weighted by Crippen LogP contribution is -2.28. The molecule has 3 heterocycles. The molecule has 1 N–H and O–H groups in total. The van der Waals surface area contributed by atoms with E-state index in [1.165, 1.54) is 16.9 Å². The van der Waals surface area contributed by atoms with Crippen LogP contribution < -0.4 is 0 Å². The van der Waals surface area contributed by atoms with Gasteiger partial charge in [0.05, 0.1) is 5.60 Å². The van der Waals surface area contributed by atoms with Crippen LogP contribution >= 0.6 is 11.3 Å². The van der Waals surface area contributed by atoms with E-state index in [1.54, 1.807) is 11.3 Å². The molecule has 0 aliphatic heterocycles. The average molecular weight is 425 g/mol. The third-order valence-corrected chi connectivity index (χ3v) is 6.67. The van der Waals surface area contributed by atoms with Crippen LogP contribution in [0.25, 0.3) is 21.3 Å². The number of carboxylic acid groups (broad SMARTS) is 1. The fourth-order valence-corrected chi connectivity index (χ4v) is 5.56. The second-order valence-electron chi connectivity index (χ2n) is 9.01. The molecule has 3 aromatic heterocycles. The molecule has 0 saturated heterocycles. The number of aryl methyl sites for hydroxylation is 4. The molecular weight excluding hydrogens is 396 g/mol. The van der Waals surface area contributed by atoms with E-state index in [0.29, 0.717) is 11.3 Å². The first-order valence-corrected chi connectivity index (χ1v) is 11.3. The van der Waals surface area contributed by atoms with E-state index in [4.69, 9.17) is 9.72 Å². The normalized spacial score (nSPS) is 15.2. The van der Waals surface area contributed by atoms with Gasteiger partial charge in [0.15, 0.2) is 6.10 Å². The SMILES string of the molecule is Cc1ccc(-c2c(C(OC(C)(C)C)C(=O)O)c(C)nc3sc4c(c23)CCCC4)cn1. The third-order valence-electron chi connectivity index (χ3n) is 5.49. The van der Waals surface area contributed by atoms with Crippen molar-refractivity contribution in [2.75, 3.05) is 0 Å². The van der Waals surface area contributed by atoms with Gasteiger partial charge in [-0.25, -0.2) is 9.78 Å². The highest BCUT2D eigenvalue weighted by Crippen LogP contribution is 2.45. The number of hydrogen-bond acceptors (Lipinski definition) is 5. The van der Waals surface area contributed by atoms with Crippen molar-refractivity contribution in [1.82, 2.24) is 9.97 Å². The second-order valence-corrected chi connectivity index (χ2v) is 10.1. The molecule has 1 unspecified atom stereocenters. The Balaban J connectivity index is 2.08. The zero-order valence-corrected chi connectivity index (χ0v) is 19.0. The Labute approximate surface area is 181 Å². The molecule has 0 amide bonds. The molecule has 1 aliphatic rings. The Kier molecular flexibility index (Phi) is 5.41. The number of ether oxygens (including phenoxy) is 1. The van der Waals surface area contributed by atoms with Gasteiger partial charge in [0.25, 0.3) is 0 Å². The lowest BCUT2D eigenvalue weighted by Gasteiger charge is -2.28. The number of nitrogens with zero attached hydrogens (tertiary/aromatic N) is 2. The minimum Gasteiger partial charge on any atom is -0.479 e. The number of carboxylic acids is 1. The van der Waals surface area contributed by atoms with E-state index in [1.807, 2.05) is 52.9 Å². The second kappa shape index (κ2) is 7.75. The topological polar surface area (TPSA) is 72.3 Å². The quantitative estimate of drug-likeness (QED) is 0.573. The van der Waals surface area contributed by atoms with Gasteiger partial charge in [-0.1, -0.05) is 6.07 Å². The molecular formula is C24H28N2O3S. The van der Waals surface area contributed by atoms with Gasteiger partial charge >= 0.3 is 5.97 Å². The highest BCUT2D eigenvalue weighted by atomic mass is 32.1. The van der Waals surface area contributed by atoms with Crippen LogP contribution in [-0.2, 0) is 22.4 Å². The lowest BCUT2D eigenvalue weighted by molar-refractivity contribution is -0.160. The number of aliphatic carboxylic acids is 1. The zero-order valence-electron chi connectivity index (χ0n) is 18.2. The molecule has 1 atom stereocenters. The molecule has 158 valence electrons. The van der Waals surface area contributed by atoms with E-state index in [2.05, 4.69) is 4.98 Å². The molecule has 4 rings (SSSR count). The molecule has 0 aromatic carbocycles. The van der Waals surface area contributed by atoms with Gasteiger partial charge in [-0.3, -0.25) is 4.98 Å². The largest absolute Gasteiger partial charge is 0.479 e. The smallest absolute Gasteiger partial charge is 0.337 e. The molecule has 0 spiro atoms. The fraction of sp³-hybridized carbons (Fsp3) is 0.458. The van der Waals surface area contributed by atoms with Gasteiger partial charge in [0, 0.05) is 44.5 Å². The third kappa shape index (κ3) is 3.86. The highest BCUT2D eigenvalue weighted by molar-refractivity contribution is 7.19. The molecule has 0 fully saturated rings. The number of hydrogen-bond donors (Lipinski definition) is 1. The van der Waals surface area contributed by atoms with Crippen LogP contribution in [-0.4, -0.2) is 26.6 Å². The summed E-state index contributed by atoms with van der Waals surface area (Å²) in [5, 5.41) is 11.2. The monoisotopic (exact) mass is 424 g/mol. The van der Waals surface area contributed by atoms with Crippen molar-refractivity contribution in [3.8, 4) is 11.1 Å². The summed E-state index contributed by atoms with van der Waals surface area (Å²) < 4.78 is 6.07. The number of carbonyl (C=O) groups is 1. The number of aromatic nitrogens is 2. The number of fused-ring (bicyclic) bond motifs is 3. The molecule has 6 heteroatoms. The Morgan fingerprint density at radius 3 is 2.57 bits per heavy atom. The fourth-order valence-electron chi connectivity index (χ4n) is 4.24. The van der Waals surface area contributed by atoms with Gasteiger partial charge in [-0.15, -0.1) is 11.3 Å². The first kappa shape index (κ1) is 20.9. The zero-order chi connectivity index (χ0) is 21.6. The predicted molar refractivity (Wildman–Crippen MR) is 120 cm³/mol. The van der Waals surface area contributed by atoms with Gasteiger partial charge < -0.3 is 9.84 Å². The average Bonchev–Trinajstić information content (AvgIpc) is 3.03. The standard InChI is InChI=1S/C24H28N2O3S/c1-13-10-11-15(12-25-13)19-18(21(23(27)28)29-24(3,4)5)14(2)26-22-20(19)16-8-6-7-9-17(16)30-22/h10-12,21H,6-9H2,1-5H3,(H,27,28). The van der Waals surface area contributed by atoms with E-state index < -0.39 is 17.7 Å². The summed E-state index contributed by atoms with van der Waals surface area (Å²) in [5.41, 5.74) is 4.82. The maximum Gasteiger partial charge on any atom is 0.337 e. The molecule has 5 nitrogen and oxygen atoms in total. The minimum atomic E-state index is -1.10. The summed E-state index contributed by atoms with van der Waals surface area (Å²) in [6.45, 7) is 9.48. The molecule has 0 bridgehead atoms. The van der Waals surface area contributed by atoms with Crippen molar-refractivity contribution in [2.24, 2.45) is 0 Å². The molecule has 30 heavy (non-hydrogen) atoms. The number of thiophene rings is 1. The van der Waals surface area contributed by atoms with E-state index in [9.17, 15) is 9.90 Å². The maximum atomic E-state index is 12.4. The molecule has 0 radical (unpaired) electrons. The summed E-state index contributed by atoms with van der Waals surface area (Å²) in [7, 11) is 0. The molecule has 3 aromatic rings. The van der Waals surface area contributed by atoms with Crippen LogP contribution in [0.1, 0.15) is 67.1 Å². The first-order chi connectivity index (χ1) is 14.2. The Hall–Kier alpha value is -2.31. The van der Waals surface area contributed by atoms with Crippen molar-refractivity contribution in [3.63, 3.8) is 0 Å².